The molecule has 0 aliphatic heterocycles. The molecule has 0 spiro atoms. The summed E-state index contributed by atoms with van der Waals surface area (Å²) in [7, 11) is 0. The van der Waals surface area contributed by atoms with E-state index in [1.807, 2.05) is 24.5 Å². The van der Waals surface area contributed by atoms with E-state index in [1.54, 1.807) is 6.07 Å². The predicted octanol–water partition coefficient (Wildman–Crippen LogP) is 8.65. The maximum absolute atomic E-state index is 14.4. The van der Waals surface area contributed by atoms with Crippen molar-refractivity contribution in [2.75, 3.05) is 0 Å². The molecule has 0 radical (unpaired) electrons. The Bertz CT molecular complexity index is 763. The number of rotatable bonds is 12. The van der Waals surface area contributed by atoms with E-state index in [0.29, 0.717) is 11.7 Å². The van der Waals surface area contributed by atoms with Gasteiger partial charge in [-0.05, 0) is 67.6 Å². The monoisotopic (exact) mass is 424 g/mol. The molecular weight excluding hydrogens is 383 g/mol. The Balaban J connectivity index is 1.46. The van der Waals surface area contributed by atoms with Crippen LogP contribution in [0, 0.1) is 11.7 Å². The molecule has 0 bridgehead atoms. The third kappa shape index (κ3) is 7.40. The Kier molecular flexibility index (Phi) is 9.96. The summed E-state index contributed by atoms with van der Waals surface area (Å²) in [5.74, 6) is 1.99. The maximum Gasteiger partial charge on any atom is 0.159 e. The van der Waals surface area contributed by atoms with Crippen molar-refractivity contribution < 1.29 is 4.39 Å². The van der Waals surface area contributed by atoms with E-state index in [9.17, 15) is 4.39 Å². The van der Waals surface area contributed by atoms with E-state index in [0.717, 1.165) is 36.3 Å². The second-order valence-corrected chi connectivity index (χ2v) is 9.52. The molecule has 0 atom stereocenters. The van der Waals surface area contributed by atoms with Crippen molar-refractivity contribution in [3.8, 4) is 11.4 Å². The standard InChI is InChI=1S/C28H41FN2/c1-3-5-7-8-9-10-11-22-13-15-23(16-14-22)26-20-30-28(31-21-26)25-18-17-24(12-6-4-2)27(29)19-25/h17-23H,3-16H2,1-2H3. The summed E-state index contributed by atoms with van der Waals surface area (Å²) >= 11 is 0. The Labute approximate surface area is 189 Å². The maximum atomic E-state index is 14.4. The molecule has 0 amide bonds. The second kappa shape index (κ2) is 12.9. The number of unbranched alkanes of at least 4 members (excludes halogenated alkanes) is 6. The summed E-state index contributed by atoms with van der Waals surface area (Å²) in [6.07, 6.45) is 21.8. The zero-order chi connectivity index (χ0) is 21.9. The van der Waals surface area contributed by atoms with E-state index >= 15 is 0 Å². The molecule has 1 saturated carbocycles. The molecule has 2 aromatic rings. The average Bonchev–Trinajstić information content (AvgIpc) is 2.81. The number of halogens is 1. The first kappa shape index (κ1) is 23.9. The van der Waals surface area contributed by atoms with Crippen LogP contribution in [0.25, 0.3) is 11.4 Å². The lowest BCUT2D eigenvalue weighted by Crippen LogP contribution is -2.14. The molecule has 0 saturated heterocycles. The largest absolute Gasteiger partial charge is 0.236 e. The third-order valence-electron chi connectivity index (χ3n) is 7.07. The molecule has 2 nitrogen and oxygen atoms in total. The van der Waals surface area contributed by atoms with Crippen molar-refractivity contribution >= 4 is 0 Å². The van der Waals surface area contributed by atoms with E-state index in [-0.39, 0.29) is 5.82 Å². The number of aryl methyl sites for hydroxylation is 1. The van der Waals surface area contributed by atoms with Crippen LogP contribution in [0.2, 0.25) is 0 Å². The number of benzene rings is 1. The lowest BCUT2D eigenvalue weighted by Gasteiger charge is -2.28. The molecule has 0 unspecified atom stereocenters. The summed E-state index contributed by atoms with van der Waals surface area (Å²) in [4.78, 5) is 9.17. The van der Waals surface area contributed by atoms with Gasteiger partial charge in [0.2, 0.25) is 0 Å². The van der Waals surface area contributed by atoms with E-state index in [4.69, 9.17) is 0 Å². The van der Waals surface area contributed by atoms with Gasteiger partial charge in [0.25, 0.3) is 0 Å². The highest BCUT2D eigenvalue weighted by Gasteiger charge is 2.22. The van der Waals surface area contributed by atoms with Crippen LogP contribution in [0.5, 0.6) is 0 Å². The van der Waals surface area contributed by atoms with Crippen molar-refractivity contribution in [2.24, 2.45) is 5.92 Å². The van der Waals surface area contributed by atoms with E-state index in [1.165, 1.54) is 76.2 Å². The highest BCUT2D eigenvalue weighted by molar-refractivity contribution is 5.55. The minimum atomic E-state index is -0.137. The second-order valence-electron chi connectivity index (χ2n) is 9.52. The number of nitrogens with zero attached hydrogens (tertiary/aromatic N) is 2. The first-order valence-corrected chi connectivity index (χ1v) is 12.8. The molecule has 0 N–H and O–H groups in total. The molecule has 1 heterocycles. The van der Waals surface area contributed by atoms with Crippen LogP contribution in [-0.4, -0.2) is 9.97 Å². The van der Waals surface area contributed by atoms with Gasteiger partial charge in [-0.25, -0.2) is 14.4 Å². The average molecular weight is 425 g/mol. The summed E-state index contributed by atoms with van der Waals surface area (Å²) in [6, 6.07) is 5.44. The summed E-state index contributed by atoms with van der Waals surface area (Å²) < 4.78 is 14.4. The summed E-state index contributed by atoms with van der Waals surface area (Å²) in [5.41, 5.74) is 2.81. The molecule has 1 aromatic heterocycles. The normalized spacial score (nSPS) is 18.9. The fourth-order valence-corrected chi connectivity index (χ4v) is 4.95. The van der Waals surface area contributed by atoms with E-state index in [2.05, 4.69) is 23.8 Å². The molecule has 1 aliphatic rings. The SMILES string of the molecule is CCCCCCCCC1CCC(c2cnc(-c3ccc(CCCC)c(F)c3)nc2)CC1. The zero-order valence-corrected chi connectivity index (χ0v) is 19.7. The Hall–Kier alpha value is -1.77. The number of hydrogen-bond acceptors (Lipinski definition) is 2. The minimum Gasteiger partial charge on any atom is -0.236 e. The predicted molar refractivity (Wildman–Crippen MR) is 129 cm³/mol. The van der Waals surface area contributed by atoms with Crippen LogP contribution in [0.1, 0.15) is 114 Å². The fourth-order valence-electron chi connectivity index (χ4n) is 4.95. The van der Waals surface area contributed by atoms with Gasteiger partial charge in [-0.15, -0.1) is 0 Å². The Morgan fingerprint density at radius 2 is 1.52 bits per heavy atom. The van der Waals surface area contributed by atoms with Gasteiger partial charge in [0, 0.05) is 18.0 Å². The van der Waals surface area contributed by atoms with Crippen molar-refractivity contribution in [3.05, 3.63) is 47.5 Å². The quantitative estimate of drug-likeness (QED) is 0.319. The van der Waals surface area contributed by atoms with Gasteiger partial charge in [0.1, 0.15) is 5.82 Å². The summed E-state index contributed by atoms with van der Waals surface area (Å²) in [6.45, 7) is 4.41. The smallest absolute Gasteiger partial charge is 0.159 e. The first-order valence-electron chi connectivity index (χ1n) is 12.8. The highest BCUT2D eigenvalue weighted by Crippen LogP contribution is 2.37. The molecule has 170 valence electrons. The Morgan fingerprint density at radius 1 is 0.839 bits per heavy atom. The fraction of sp³-hybridized carbons (Fsp3) is 0.643. The van der Waals surface area contributed by atoms with Gasteiger partial charge in [-0.1, -0.05) is 77.3 Å². The van der Waals surface area contributed by atoms with Gasteiger partial charge in [-0.3, -0.25) is 0 Å². The van der Waals surface area contributed by atoms with E-state index < -0.39 is 0 Å². The molecule has 3 heteroatoms. The topological polar surface area (TPSA) is 25.8 Å². The molecular formula is C28H41FN2. The molecule has 1 fully saturated rings. The number of hydrogen-bond donors (Lipinski definition) is 0. The Morgan fingerprint density at radius 3 is 2.19 bits per heavy atom. The molecule has 1 aliphatic carbocycles. The minimum absolute atomic E-state index is 0.137. The van der Waals surface area contributed by atoms with Crippen molar-refractivity contribution in [2.45, 2.75) is 110 Å². The van der Waals surface area contributed by atoms with Crippen LogP contribution in [0.15, 0.2) is 30.6 Å². The van der Waals surface area contributed by atoms with Crippen LogP contribution in [0.3, 0.4) is 0 Å². The van der Waals surface area contributed by atoms with Crippen molar-refractivity contribution in [1.29, 1.82) is 0 Å². The summed E-state index contributed by atoms with van der Waals surface area (Å²) in [5, 5.41) is 0. The van der Waals surface area contributed by atoms with Crippen LogP contribution in [-0.2, 0) is 6.42 Å². The lowest BCUT2D eigenvalue weighted by molar-refractivity contribution is 0.301. The van der Waals surface area contributed by atoms with Gasteiger partial charge in [-0.2, -0.15) is 0 Å². The number of aromatic nitrogens is 2. The lowest BCUT2D eigenvalue weighted by atomic mass is 9.77. The van der Waals surface area contributed by atoms with Crippen molar-refractivity contribution in [3.63, 3.8) is 0 Å². The van der Waals surface area contributed by atoms with Crippen LogP contribution in [0.4, 0.5) is 4.39 Å². The molecule has 3 rings (SSSR count). The van der Waals surface area contributed by atoms with Crippen molar-refractivity contribution in [1.82, 2.24) is 9.97 Å². The highest BCUT2D eigenvalue weighted by atomic mass is 19.1. The zero-order valence-electron chi connectivity index (χ0n) is 19.7. The molecule has 31 heavy (non-hydrogen) atoms. The van der Waals surface area contributed by atoms with Gasteiger partial charge >= 0.3 is 0 Å². The van der Waals surface area contributed by atoms with Gasteiger partial charge in [0.15, 0.2) is 5.82 Å². The van der Waals surface area contributed by atoms with Gasteiger partial charge in [0.05, 0.1) is 0 Å². The third-order valence-corrected chi connectivity index (χ3v) is 7.07. The van der Waals surface area contributed by atoms with Crippen LogP contribution < -0.4 is 0 Å². The molecule has 1 aromatic carbocycles. The van der Waals surface area contributed by atoms with Crippen LogP contribution >= 0.6 is 0 Å². The van der Waals surface area contributed by atoms with Gasteiger partial charge < -0.3 is 0 Å². The first-order chi connectivity index (χ1) is 15.2.